The van der Waals surface area contributed by atoms with Gasteiger partial charge in [0.05, 0.1) is 15.0 Å². The number of nitrogens with one attached hydrogen (secondary N) is 1. The van der Waals surface area contributed by atoms with Crippen LogP contribution in [0.1, 0.15) is 27.2 Å². The van der Waals surface area contributed by atoms with Crippen molar-refractivity contribution in [1.82, 2.24) is 5.32 Å². The van der Waals surface area contributed by atoms with Crippen molar-refractivity contribution in [3.05, 3.63) is 24.3 Å². The summed E-state index contributed by atoms with van der Waals surface area (Å²) < 4.78 is 47.8. The number of rotatable bonds is 7. The van der Waals surface area contributed by atoms with Gasteiger partial charge >= 0.3 is 0 Å². The monoisotopic (exact) mass is 333 g/mol. The molecule has 0 fully saturated rings. The van der Waals surface area contributed by atoms with Crippen LogP contribution in [0.5, 0.6) is 0 Å². The number of benzene rings is 1. The predicted octanol–water partition coefficient (Wildman–Crippen LogP) is 1.64. The third-order valence-electron chi connectivity index (χ3n) is 3.49. The van der Waals surface area contributed by atoms with Crippen LogP contribution >= 0.6 is 0 Å². The van der Waals surface area contributed by atoms with Crippen LogP contribution in [0.3, 0.4) is 0 Å². The van der Waals surface area contributed by atoms with Gasteiger partial charge in [-0.3, -0.25) is 0 Å². The van der Waals surface area contributed by atoms with E-state index < -0.39 is 24.9 Å². The summed E-state index contributed by atoms with van der Waals surface area (Å²) in [4.78, 5) is 0.263. The summed E-state index contributed by atoms with van der Waals surface area (Å²) in [6, 6.07) is 5.20. The molecule has 0 aliphatic rings. The number of hydrogen-bond acceptors (Lipinski definition) is 5. The highest BCUT2D eigenvalue weighted by molar-refractivity contribution is 7.92. The summed E-state index contributed by atoms with van der Waals surface area (Å²) in [5.41, 5.74) is 0. The van der Waals surface area contributed by atoms with E-state index in [1.165, 1.54) is 24.3 Å². The average molecular weight is 333 g/mol. The van der Waals surface area contributed by atoms with Crippen molar-refractivity contribution in [2.45, 2.75) is 48.3 Å². The molecule has 0 radical (unpaired) electrons. The Hall–Kier alpha value is -0.920. The highest BCUT2D eigenvalue weighted by atomic mass is 32.2. The molecule has 1 aromatic carbocycles. The van der Waals surface area contributed by atoms with Crippen molar-refractivity contribution < 1.29 is 16.8 Å². The van der Waals surface area contributed by atoms with Crippen molar-refractivity contribution >= 4 is 19.7 Å². The zero-order valence-corrected chi connectivity index (χ0v) is 14.5. The minimum absolute atomic E-state index is 0.117. The van der Waals surface area contributed by atoms with Gasteiger partial charge in [-0.15, -0.1) is 0 Å². The summed E-state index contributed by atoms with van der Waals surface area (Å²) in [5.74, 6) is 0. The van der Waals surface area contributed by atoms with Crippen LogP contribution in [0.2, 0.25) is 0 Å². The highest BCUT2D eigenvalue weighted by Crippen LogP contribution is 2.20. The quantitative estimate of drug-likeness (QED) is 0.820. The summed E-state index contributed by atoms with van der Waals surface area (Å²) in [6.45, 7) is 6.27. The van der Waals surface area contributed by atoms with E-state index in [2.05, 4.69) is 5.32 Å². The Balaban J connectivity index is 3.02. The highest BCUT2D eigenvalue weighted by Gasteiger charge is 2.28. The first-order valence-electron chi connectivity index (χ1n) is 6.88. The second kappa shape index (κ2) is 6.89. The van der Waals surface area contributed by atoms with Crippen molar-refractivity contribution in [3.8, 4) is 0 Å². The molecule has 2 unspecified atom stereocenters. The molecule has 21 heavy (non-hydrogen) atoms. The van der Waals surface area contributed by atoms with E-state index in [0.717, 1.165) is 19.2 Å². The second-order valence-corrected chi connectivity index (χ2v) is 9.56. The molecule has 120 valence electrons. The first-order valence-corrected chi connectivity index (χ1v) is 10.3. The van der Waals surface area contributed by atoms with Crippen LogP contribution < -0.4 is 5.32 Å². The van der Waals surface area contributed by atoms with Gasteiger partial charge in [0.2, 0.25) is 0 Å². The maximum atomic E-state index is 12.5. The van der Waals surface area contributed by atoms with E-state index >= 15 is 0 Å². The van der Waals surface area contributed by atoms with Gasteiger partial charge in [-0.25, -0.2) is 16.8 Å². The summed E-state index contributed by atoms with van der Waals surface area (Å²) in [6.07, 6.45) is 2.02. The lowest BCUT2D eigenvalue weighted by molar-refractivity contribution is 0.509. The molecule has 1 aromatic rings. The molecule has 0 saturated heterocycles. The Bertz CT molecular complexity index is 663. The Morgan fingerprint density at radius 1 is 1.00 bits per heavy atom. The Kier molecular flexibility index (Phi) is 5.95. The van der Waals surface area contributed by atoms with Crippen molar-refractivity contribution in [3.63, 3.8) is 0 Å². The maximum Gasteiger partial charge on any atom is 0.182 e. The van der Waals surface area contributed by atoms with Crippen LogP contribution in [0.25, 0.3) is 0 Å². The molecule has 0 aromatic heterocycles. The molecule has 1 N–H and O–H groups in total. The summed E-state index contributed by atoms with van der Waals surface area (Å²) in [7, 11) is -6.81. The van der Waals surface area contributed by atoms with E-state index in [1.54, 1.807) is 6.92 Å². The SMILES string of the molecule is CCCNC(C)C(C)S(=O)(=O)c1ccc(S(C)(=O)=O)cc1. The fraction of sp³-hybridized carbons (Fsp3) is 0.571. The van der Waals surface area contributed by atoms with Crippen LogP contribution in [0.15, 0.2) is 34.1 Å². The molecule has 5 nitrogen and oxygen atoms in total. The van der Waals surface area contributed by atoms with Gasteiger partial charge in [0.1, 0.15) is 0 Å². The normalized spacial score (nSPS) is 15.6. The van der Waals surface area contributed by atoms with Gasteiger partial charge in [-0.1, -0.05) is 6.92 Å². The standard InChI is InChI=1S/C14H23NO4S2/c1-5-10-15-11(2)12(3)21(18,19)14-8-6-13(7-9-14)20(4,16)17/h6-9,11-12,15H,5,10H2,1-4H3. The minimum Gasteiger partial charge on any atom is -0.313 e. The largest absolute Gasteiger partial charge is 0.313 e. The smallest absolute Gasteiger partial charge is 0.182 e. The third kappa shape index (κ3) is 4.52. The molecule has 7 heteroatoms. The Morgan fingerprint density at radius 2 is 1.48 bits per heavy atom. The second-order valence-electron chi connectivity index (χ2n) is 5.24. The van der Waals surface area contributed by atoms with Crippen LogP contribution in [-0.2, 0) is 19.7 Å². The Morgan fingerprint density at radius 3 is 1.90 bits per heavy atom. The average Bonchev–Trinajstić information content (AvgIpc) is 2.43. The zero-order valence-electron chi connectivity index (χ0n) is 12.8. The predicted molar refractivity (Wildman–Crippen MR) is 84.0 cm³/mol. The van der Waals surface area contributed by atoms with Gasteiger partial charge < -0.3 is 5.32 Å². The van der Waals surface area contributed by atoms with Crippen molar-refractivity contribution in [2.24, 2.45) is 0 Å². The van der Waals surface area contributed by atoms with Crippen molar-refractivity contribution in [1.29, 1.82) is 0 Å². The summed E-state index contributed by atoms with van der Waals surface area (Å²) >= 11 is 0. The fourth-order valence-corrected chi connectivity index (χ4v) is 4.11. The molecule has 1 rings (SSSR count). The molecular weight excluding hydrogens is 310 g/mol. The van der Waals surface area contributed by atoms with Gasteiger partial charge in [-0.05, 0) is 51.1 Å². The fourth-order valence-electron chi connectivity index (χ4n) is 1.90. The third-order valence-corrected chi connectivity index (χ3v) is 6.94. The van der Waals surface area contributed by atoms with Crippen LogP contribution in [-0.4, -0.2) is 40.9 Å². The lowest BCUT2D eigenvalue weighted by Gasteiger charge is -2.21. The van der Waals surface area contributed by atoms with Crippen molar-refractivity contribution in [2.75, 3.05) is 12.8 Å². The minimum atomic E-state index is -3.49. The molecule has 0 aliphatic carbocycles. The number of sulfone groups is 2. The number of hydrogen-bond donors (Lipinski definition) is 1. The molecule has 2 atom stereocenters. The molecule has 0 aliphatic heterocycles. The maximum absolute atomic E-state index is 12.5. The zero-order chi connectivity index (χ0) is 16.3. The Labute approximate surface area is 127 Å². The van der Waals surface area contributed by atoms with E-state index in [0.29, 0.717) is 0 Å². The molecular formula is C14H23NO4S2. The molecule has 0 amide bonds. The van der Waals surface area contributed by atoms with E-state index in [1.807, 2.05) is 13.8 Å². The first kappa shape index (κ1) is 18.1. The lowest BCUT2D eigenvalue weighted by atomic mass is 10.2. The van der Waals surface area contributed by atoms with Gasteiger partial charge in [-0.2, -0.15) is 0 Å². The van der Waals surface area contributed by atoms with Gasteiger partial charge in [0.25, 0.3) is 0 Å². The molecule has 0 spiro atoms. The van der Waals surface area contributed by atoms with Crippen LogP contribution in [0, 0.1) is 0 Å². The summed E-state index contributed by atoms with van der Waals surface area (Å²) in [5, 5.41) is 2.58. The van der Waals surface area contributed by atoms with E-state index in [-0.39, 0.29) is 15.8 Å². The van der Waals surface area contributed by atoms with Gasteiger partial charge in [0, 0.05) is 12.3 Å². The van der Waals surface area contributed by atoms with E-state index in [9.17, 15) is 16.8 Å². The molecule has 0 bridgehead atoms. The van der Waals surface area contributed by atoms with Crippen LogP contribution in [0.4, 0.5) is 0 Å². The lowest BCUT2D eigenvalue weighted by Crippen LogP contribution is -2.40. The molecule has 0 saturated carbocycles. The topological polar surface area (TPSA) is 80.3 Å². The van der Waals surface area contributed by atoms with E-state index in [4.69, 9.17) is 0 Å². The van der Waals surface area contributed by atoms with Gasteiger partial charge in [0.15, 0.2) is 19.7 Å². The first-order chi connectivity index (χ1) is 9.60. The molecule has 0 heterocycles.